The summed E-state index contributed by atoms with van der Waals surface area (Å²) in [5.74, 6) is 0.901. The van der Waals surface area contributed by atoms with Gasteiger partial charge in [-0.25, -0.2) is 4.98 Å². The molecule has 0 unspecified atom stereocenters. The number of aryl methyl sites for hydroxylation is 1. The van der Waals surface area contributed by atoms with Crippen LogP contribution >= 0.6 is 23.2 Å². The molecule has 0 bridgehead atoms. The van der Waals surface area contributed by atoms with Gasteiger partial charge in [0.25, 0.3) is 0 Å². The number of carbonyl (C=O) groups is 1. The lowest BCUT2D eigenvalue weighted by atomic mass is 10.1. The fraction of sp³-hybridized carbons (Fsp3) is 0.238. The van der Waals surface area contributed by atoms with Crippen molar-refractivity contribution in [2.24, 2.45) is 0 Å². The van der Waals surface area contributed by atoms with Crippen LogP contribution in [0.15, 0.2) is 48.7 Å². The van der Waals surface area contributed by atoms with Crippen LogP contribution in [0, 0.1) is 0 Å². The average molecular weight is 400 g/mol. The summed E-state index contributed by atoms with van der Waals surface area (Å²) in [6.07, 6.45) is 5.73. The number of anilines is 1. The molecule has 1 aliphatic rings. The van der Waals surface area contributed by atoms with E-state index >= 15 is 0 Å². The number of hydrogen-bond acceptors (Lipinski definition) is 2. The smallest absolute Gasteiger partial charge is 0.228 e. The summed E-state index contributed by atoms with van der Waals surface area (Å²) in [6.45, 7) is 1.02. The predicted molar refractivity (Wildman–Crippen MR) is 109 cm³/mol. The second-order valence-corrected chi connectivity index (χ2v) is 7.55. The Bertz CT molecular complexity index is 980. The number of fused-ring (bicyclic) bond motifs is 1. The number of halogens is 2. The Kier molecular flexibility index (Phi) is 5.19. The Balaban J connectivity index is 1.44. The van der Waals surface area contributed by atoms with Gasteiger partial charge in [0.15, 0.2) is 0 Å². The van der Waals surface area contributed by atoms with E-state index in [-0.39, 0.29) is 12.3 Å². The fourth-order valence-electron chi connectivity index (χ4n) is 3.41. The van der Waals surface area contributed by atoms with Gasteiger partial charge in [0, 0.05) is 29.7 Å². The van der Waals surface area contributed by atoms with E-state index in [1.165, 1.54) is 18.5 Å². The molecular formula is C21H19Cl2N3O. The van der Waals surface area contributed by atoms with Crippen molar-refractivity contribution in [2.75, 3.05) is 5.32 Å². The van der Waals surface area contributed by atoms with Gasteiger partial charge in [-0.15, -0.1) is 0 Å². The van der Waals surface area contributed by atoms with E-state index in [4.69, 9.17) is 23.2 Å². The minimum atomic E-state index is -0.0978. The lowest BCUT2D eigenvalue weighted by molar-refractivity contribution is -0.115. The highest BCUT2D eigenvalue weighted by Crippen LogP contribution is 2.26. The lowest BCUT2D eigenvalue weighted by Gasteiger charge is -2.16. The molecule has 3 aromatic rings. The highest BCUT2D eigenvalue weighted by atomic mass is 35.5. The van der Waals surface area contributed by atoms with E-state index in [1.54, 1.807) is 18.2 Å². The molecule has 138 valence electrons. The van der Waals surface area contributed by atoms with Crippen LogP contribution in [-0.4, -0.2) is 15.5 Å². The largest absolute Gasteiger partial charge is 0.328 e. The number of nitrogens with one attached hydrogen (secondary N) is 1. The molecule has 4 nitrogen and oxygen atoms in total. The third-order valence-electron chi connectivity index (χ3n) is 4.78. The van der Waals surface area contributed by atoms with Crippen molar-refractivity contribution < 1.29 is 4.79 Å². The Labute approximate surface area is 168 Å². The molecule has 0 aliphatic carbocycles. The van der Waals surface area contributed by atoms with Crippen molar-refractivity contribution in [3.05, 3.63) is 70.0 Å². The van der Waals surface area contributed by atoms with E-state index in [2.05, 4.69) is 14.9 Å². The molecule has 2 heterocycles. The molecule has 0 fully saturated rings. The Morgan fingerprint density at radius 2 is 1.89 bits per heavy atom. The van der Waals surface area contributed by atoms with Crippen LogP contribution < -0.4 is 5.32 Å². The second kappa shape index (κ2) is 7.75. The zero-order valence-electron chi connectivity index (χ0n) is 14.7. The summed E-state index contributed by atoms with van der Waals surface area (Å²) in [4.78, 5) is 16.9. The van der Waals surface area contributed by atoms with E-state index in [9.17, 15) is 4.79 Å². The molecule has 1 N–H and O–H groups in total. The Hall–Kier alpha value is -2.30. The first kappa shape index (κ1) is 18.1. The van der Waals surface area contributed by atoms with Crippen LogP contribution in [0.1, 0.15) is 24.1 Å². The fourth-order valence-corrected chi connectivity index (χ4v) is 3.73. The summed E-state index contributed by atoms with van der Waals surface area (Å²) in [7, 11) is 0. The number of imidazole rings is 1. The summed E-state index contributed by atoms with van der Waals surface area (Å²) in [5, 5.41) is 3.85. The van der Waals surface area contributed by atoms with Gasteiger partial charge in [0.2, 0.25) is 5.91 Å². The summed E-state index contributed by atoms with van der Waals surface area (Å²) >= 11 is 11.9. The van der Waals surface area contributed by atoms with Crippen molar-refractivity contribution in [1.82, 2.24) is 9.55 Å². The molecular weight excluding hydrogens is 381 g/mol. The van der Waals surface area contributed by atoms with Crippen molar-refractivity contribution in [1.29, 1.82) is 0 Å². The van der Waals surface area contributed by atoms with Crippen molar-refractivity contribution in [2.45, 2.75) is 32.2 Å². The first-order valence-electron chi connectivity index (χ1n) is 8.99. The SMILES string of the molecule is O=C(Cc1ccc(Cl)c(Cl)c1)Nc1ccc(-c2ncc3n2CCCC3)cc1. The van der Waals surface area contributed by atoms with Gasteiger partial charge in [-0.1, -0.05) is 29.3 Å². The zero-order chi connectivity index (χ0) is 18.8. The molecule has 0 saturated carbocycles. The highest BCUT2D eigenvalue weighted by Gasteiger charge is 2.15. The normalized spacial score (nSPS) is 13.3. The van der Waals surface area contributed by atoms with Gasteiger partial charge in [-0.2, -0.15) is 0 Å². The maximum absolute atomic E-state index is 12.3. The third-order valence-corrected chi connectivity index (χ3v) is 5.52. The number of carbonyl (C=O) groups excluding carboxylic acids is 1. The molecule has 4 rings (SSSR count). The molecule has 1 aliphatic heterocycles. The second-order valence-electron chi connectivity index (χ2n) is 6.73. The average Bonchev–Trinajstić information content (AvgIpc) is 3.09. The molecule has 1 amide bonds. The Morgan fingerprint density at radius 3 is 2.67 bits per heavy atom. The molecule has 6 heteroatoms. The van der Waals surface area contributed by atoms with Crippen molar-refractivity contribution in [3.8, 4) is 11.4 Å². The van der Waals surface area contributed by atoms with E-state index in [0.29, 0.717) is 10.0 Å². The van der Waals surface area contributed by atoms with Gasteiger partial charge >= 0.3 is 0 Å². The number of rotatable bonds is 4. The molecule has 0 spiro atoms. The number of nitrogens with zero attached hydrogens (tertiary/aromatic N) is 2. The molecule has 1 aromatic heterocycles. The van der Waals surface area contributed by atoms with Gasteiger partial charge in [0.1, 0.15) is 5.82 Å². The number of benzene rings is 2. The van der Waals surface area contributed by atoms with Crippen LogP contribution in [0.4, 0.5) is 5.69 Å². The summed E-state index contributed by atoms with van der Waals surface area (Å²) in [6, 6.07) is 13.0. The summed E-state index contributed by atoms with van der Waals surface area (Å²) in [5.41, 5.74) is 3.94. The van der Waals surface area contributed by atoms with E-state index in [0.717, 1.165) is 35.6 Å². The maximum Gasteiger partial charge on any atom is 0.228 e. The van der Waals surface area contributed by atoms with Crippen LogP contribution in [0.5, 0.6) is 0 Å². The Morgan fingerprint density at radius 1 is 1.07 bits per heavy atom. The number of amides is 1. The van der Waals surface area contributed by atoms with E-state index in [1.807, 2.05) is 30.5 Å². The molecule has 0 saturated heterocycles. The topological polar surface area (TPSA) is 46.9 Å². The standard InChI is InChI=1S/C21H19Cl2N3O/c22-18-9-4-14(11-19(18)23)12-20(27)25-16-7-5-15(6-8-16)21-24-13-17-3-1-2-10-26(17)21/h4-9,11,13H,1-3,10,12H2,(H,25,27). The van der Waals surface area contributed by atoms with Gasteiger partial charge in [-0.3, -0.25) is 4.79 Å². The minimum absolute atomic E-state index is 0.0978. The van der Waals surface area contributed by atoms with Crippen LogP contribution in [0.2, 0.25) is 10.0 Å². The van der Waals surface area contributed by atoms with Gasteiger partial charge in [0.05, 0.1) is 16.5 Å². The molecule has 0 atom stereocenters. The molecule has 0 radical (unpaired) electrons. The van der Waals surface area contributed by atoms with Crippen LogP contribution in [-0.2, 0) is 24.2 Å². The van der Waals surface area contributed by atoms with Crippen LogP contribution in [0.3, 0.4) is 0 Å². The van der Waals surface area contributed by atoms with E-state index < -0.39 is 0 Å². The van der Waals surface area contributed by atoms with Crippen LogP contribution in [0.25, 0.3) is 11.4 Å². The van der Waals surface area contributed by atoms with Crippen molar-refractivity contribution >= 4 is 34.8 Å². The van der Waals surface area contributed by atoms with Gasteiger partial charge < -0.3 is 9.88 Å². The third kappa shape index (κ3) is 4.02. The summed E-state index contributed by atoms with van der Waals surface area (Å²) < 4.78 is 2.29. The quantitative estimate of drug-likeness (QED) is 0.640. The predicted octanol–water partition coefficient (Wildman–Crippen LogP) is 5.37. The number of aromatic nitrogens is 2. The molecule has 2 aromatic carbocycles. The zero-order valence-corrected chi connectivity index (χ0v) is 16.2. The highest BCUT2D eigenvalue weighted by molar-refractivity contribution is 6.42. The van der Waals surface area contributed by atoms with Crippen molar-refractivity contribution in [3.63, 3.8) is 0 Å². The van der Waals surface area contributed by atoms with Gasteiger partial charge in [-0.05, 0) is 61.2 Å². The first-order chi connectivity index (χ1) is 13.1. The minimum Gasteiger partial charge on any atom is -0.328 e. The monoisotopic (exact) mass is 399 g/mol. The number of hydrogen-bond donors (Lipinski definition) is 1. The molecule has 27 heavy (non-hydrogen) atoms. The maximum atomic E-state index is 12.3. The first-order valence-corrected chi connectivity index (χ1v) is 9.74. The lowest BCUT2D eigenvalue weighted by Crippen LogP contribution is -2.14.